The van der Waals surface area contributed by atoms with E-state index in [4.69, 9.17) is 5.73 Å². The highest BCUT2D eigenvalue weighted by Gasteiger charge is 2.26. The van der Waals surface area contributed by atoms with E-state index in [9.17, 15) is 9.59 Å². The van der Waals surface area contributed by atoms with E-state index in [1.807, 2.05) is 0 Å². The Balaban J connectivity index is 2.68. The molecular weight excluding hydrogens is 136 g/mol. The summed E-state index contributed by atoms with van der Waals surface area (Å²) in [7, 11) is 0. The number of hydrogen-bond acceptors (Lipinski definition) is 3. The topological polar surface area (TPSA) is 81.4 Å². The molecule has 0 fully saturated rings. The summed E-state index contributed by atoms with van der Waals surface area (Å²) >= 11 is 0. The molecule has 0 saturated heterocycles. The van der Waals surface area contributed by atoms with Crippen LogP contribution >= 0.6 is 0 Å². The van der Waals surface area contributed by atoms with Crippen molar-refractivity contribution in [1.82, 2.24) is 5.32 Å². The Hall–Kier alpha value is -1.52. The van der Waals surface area contributed by atoms with Gasteiger partial charge in [0.25, 0.3) is 17.9 Å². The fraction of sp³-hybridized carbons (Fsp3) is 0.200. The van der Waals surface area contributed by atoms with Gasteiger partial charge in [-0.3, -0.25) is 9.59 Å². The van der Waals surface area contributed by atoms with Gasteiger partial charge in [0.05, 0.1) is 0 Å². The van der Waals surface area contributed by atoms with E-state index < -0.39 is 17.9 Å². The SMILES string of the molecule is NC(=O)C1OC=CNC1=O. The largest absolute Gasteiger partial charge is 0.477 e. The highest BCUT2D eigenvalue weighted by molar-refractivity contribution is 6.03. The first-order chi connectivity index (χ1) is 4.72. The minimum atomic E-state index is -1.18. The molecule has 5 heteroatoms. The van der Waals surface area contributed by atoms with E-state index >= 15 is 0 Å². The molecule has 5 nitrogen and oxygen atoms in total. The van der Waals surface area contributed by atoms with Gasteiger partial charge >= 0.3 is 0 Å². The van der Waals surface area contributed by atoms with Crippen molar-refractivity contribution in [3.8, 4) is 0 Å². The second-order valence-electron chi connectivity index (χ2n) is 1.73. The third kappa shape index (κ3) is 1.07. The summed E-state index contributed by atoms with van der Waals surface area (Å²) in [4.78, 5) is 21.0. The number of amides is 2. The molecule has 1 aliphatic rings. The molecule has 2 amide bonds. The molecule has 0 bridgehead atoms. The Bertz CT molecular complexity index is 199. The second kappa shape index (κ2) is 2.38. The van der Waals surface area contributed by atoms with E-state index in [1.54, 1.807) is 0 Å². The average Bonchev–Trinajstić information content (AvgIpc) is 1.88. The molecule has 0 aromatic heterocycles. The molecule has 0 aromatic rings. The molecular formula is C5H6N2O3. The zero-order chi connectivity index (χ0) is 7.56. The third-order valence-corrected chi connectivity index (χ3v) is 1.00. The maximum Gasteiger partial charge on any atom is 0.274 e. The lowest BCUT2D eigenvalue weighted by Gasteiger charge is -2.14. The van der Waals surface area contributed by atoms with Crippen LogP contribution in [0.2, 0.25) is 0 Å². The van der Waals surface area contributed by atoms with Crippen molar-refractivity contribution in [1.29, 1.82) is 0 Å². The molecule has 1 aliphatic heterocycles. The van der Waals surface area contributed by atoms with E-state index in [0.717, 1.165) is 0 Å². The van der Waals surface area contributed by atoms with Crippen LogP contribution in [0.4, 0.5) is 0 Å². The molecule has 1 unspecified atom stereocenters. The van der Waals surface area contributed by atoms with E-state index in [2.05, 4.69) is 10.1 Å². The molecule has 0 spiro atoms. The lowest BCUT2D eigenvalue weighted by Crippen LogP contribution is -2.44. The molecule has 1 heterocycles. The monoisotopic (exact) mass is 142 g/mol. The van der Waals surface area contributed by atoms with Crippen LogP contribution in [-0.4, -0.2) is 17.9 Å². The van der Waals surface area contributed by atoms with Crippen LogP contribution in [0.3, 0.4) is 0 Å². The fourth-order valence-electron chi connectivity index (χ4n) is 0.568. The Morgan fingerprint density at radius 3 is 2.90 bits per heavy atom. The molecule has 0 aliphatic carbocycles. The maximum absolute atomic E-state index is 10.6. The van der Waals surface area contributed by atoms with Gasteiger partial charge in [-0.1, -0.05) is 0 Å². The Kier molecular flexibility index (Phi) is 1.57. The molecule has 1 rings (SSSR count). The Morgan fingerprint density at radius 1 is 1.80 bits per heavy atom. The number of ether oxygens (including phenoxy) is 1. The Labute approximate surface area is 56.8 Å². The van der Waals surface area contributed by atoms with Gasteiger partial charge in [-0.15, -0.1) is 0 Å². The Morgan fingerprint density at radius 2 is 2.50 bits per heavy atom. The van der Waals surface area contributed by atoms with Crippen LogP contribution in [0, 0.1) is 0 Å². The van der Waals surface area contributed by atoms with Gasteiger partial charge in [0.1, 0.15) is 6.26 Å². The summed E-state index contributed by atoms with van der Waals surface area (Å²) in [5, 5.41) is 2.27. The first-order valence-corrected chi connectivity index (χ1v) is 2.62. The number of carbonyl (C=O) groups is 2. The molecule has 1 atom stereocenters. The molecule has 3 N–H and O–H groups in total. The van der Waals surface area contributed by atoms with Crippen molar-refractivity contribution < 1.29 is 14.3 Å². The van der Waals surface area contributed by atoms with Crippen LogP contribution in [0.1, 0.15) is 0 Å². The van der Waals surface area contributed by atoms with Gasteiger partial charge in [0.15, 0.2) is 0 Å². The number of carbonyl (C=O) groups excluding carboxylic acids is 2. The molecule has 54 valence electrons. The van der Waals surface area contributed by atoms with Gasteiger partial charge in [0, 0.05) is 6.20 Å². The number of rotatable bonds is 1. The highest BCUT2D eigenvalue weighted by atomic mass is 16.5. The second-order valence-corrected chi connectivity index (χ2v) is 1.73. The molecule has 0 aromatic carbocycles. The summed E-state index contributed by atoms with van der Waals surface area (Å²) in [6, 6.07) is 0. The minimum absolute atomic E-state index is 0.532. The standard InChI is InChI=1S/C5H6N2O3/c6-4(8)3-5(9)7-1-2-10-3/h1-3H,(H2,6,8)(H,7,9). The van der Waals surface area contributed by atoms with Crippen molar-refractivity contribution in [2.24, 2.45) is 5.73 Å². The molecule has 10 heavy (non-hydrogen) atoms. The number of primary amides is 1. The van der Waals surface area contributed by atoms with Gasteiger partial charge < -0.3 is 15.8 Å². The van der Waals surface area contributed by atoms with Crippen molar-refractivity contribution in [3.63, 3.8) is 0 Å². The van der Waals surface area contributed by atoms with E-state index in [-0.39, 0.29) is 0 Å². The zero-order valence-electron chi connectivity index (χ0n) is 5.03. The lowest BCUT2D eigenvalue weighted by molar-refractivity contribution is -0.140. The highest BCUT2D eigenvalue weighted by Crippen LogP contribution is 1.96. The smallest absolute Gasteiger partial charge is 0.274 e. The summed E-state index contributed by atoms with van der Waals surface area (Å²) in [5.41, 5.74) is 4.80. The zero-order valence-corrected chi connectivity index (χ0v) is 5.03. The van der Waals surface area contributed by atoms with Crippen molar-refractivity contribution in [2.75, 3.05) is 0 Å². The third-order valence-electron chi connectivity index (χ3n) is 1.00. The normalized spacial score (nSPS) is 23.2. The van der Waals surface area contributed by atoms with Crippen LogP contribution in [0.5, 0.6) is 0 Å². The number of nitrogens with one attached hydrogen (secondary N) is 1. The summed E-state index contributed by atoms with van der Waals surface area (Å²) in [6.07, 6.45) is 1.32. The predicted octanol–water partition coefficient (Wildman–Crippen LogP) is -1.54. The van der Waals surface area contributed by atoms with Crippen molar-refractivity contribution >= 4 is 11.8 Å². The van der Waals surface area contributed by atoms with Crippen molar-refractivity contribution in [2.45, 2.75) is 6.10 Å². The van der Waals surface area contributed by atoms with Crippen LogP contribution in [0.15, 0.2) is 12.5 Å². The van der Waals surface area contributed by atoms with Gasteiger partial charge in [-0.2, -0.15) is 0 Å². The number of hydrogen-bond donors (Lipinski definition) is 2. The van der Waals surface area contributed by atoms with Gasteiger partial charge in [0.2, 0.25) is 0 Å². The van der Waals surface area contributed by atoms with Crippen molar-refractivity contribution in [3.05, 3.63) is 12.5 Å². The maximum atomic E-state index is 10.6. The fourth-order valence-corrected chi connectivity index (χ4v) is 0.568. The van der Waals surface area contributed by atoms with Crippen LogP contribution in [-0.2, 0) is 14.3 Å². The minimum Gasteiger partial charge on any atom is -0.477 e. The number of nitrogens with two attached hydrogens (primary N) is 1. The summed E-state index contributed by atoms with van der Waals surface area (Å²) < 4.78 is 4.58. The predicted molar refractivity (Wildman–Crippen MR) is 31.4 cm³/mol. The van der Waals surface area contributed by atoms with Crippen LogP contribution < -0.4 is 11.1 Å². The summed E-state index contributed by atoms with van der Waals surface area (Å²) in [5.74, 6) is -1.32. The molecule has 0 saturated carbocycles. The first-order valence-electron chi connectivity index (χ1n) is 2.62. The summed E-state index contributed by atoms with van der Waals surface area (Å²) in [6.45, 7) is 0. The van der Waals surface area contributed by atoms with E-state index in [1.165, 1.54) is 12.5 Å². The van der Waals surface area contributed by atoms with Crippen LogP contribution in [0.25, 0.3) is 0 Å². The van der Waals surface area contributed by atoms with Gasteiger partial charge in [-0.05, 0) is 0 Å². The lowest BCUT2D eigenvalue weighted by atomic mass is 10.3. The van der Waals surface area contributed by atoms with Gasteiger partial charge in [-0.25, -0.2) is 0 Å². The average molecular weight is 142 g/mol. The first kappa shape index (κ1) is 6.60. The molecule has 0 radical (unpaired) electrons. The quantitative estimate of drug-likeness (QED) is 0.435. The van der Waals surface area contributed by atoms with E-state index in [0.29, 0.717) is 0 Å².